The number of sulfonamides is 1. The highest BCUT2D eigenvalue weighted by Gasteiger charge is 2.29. The Balaban J connectivity index is 2.24. The molecule has 0 bridgehead atoms. The highest BCUT2D eigenvalue weighted by Crippen LogP contribution is 2.26. The lowest BCUT2D eigenvalue weighted by molar-refractivity contribution is 0.0698. The van der Waals surface area contributed by atoms with E-state index < -0.39 is 21.2 Å². The first-order valence-corrected chi connectivity index (χ1v) is 7.73. The third kappa shape index (κ3) is 2.89. The summed E-state index contributed by atoms with van der Waals surface area (Å²) in [6, 6.07) is 0. The summed E-state index contributed by atoms with van der Waals surface area (Å²) < 4.78 is 28.1. The summed E-state index contributed by atoms with van der Waals surface area (Å²) in [7, 11) is -2.05. The molecule has 0 atom stereocenters. The number of aromatic carboxylic acids is 1. The minimum atomic E-state index is -3.56. The Bertz CT molecular complexity index is 573. The van der Waals surface area contributed by atoms with Gasteiger partial charge in [0.1, 0.15) is 5.56 Å². The van der Waals surface area contributed by atoms with Crippen LogP contribution in [-0.2, 0) is 17.1 Å². The number of carboxylic acid groups (broad SMARTS) is 1. The molecule has 1 aromatic heterocycles. The number of anilines is 1. The van der Waals surface area contributed by atoms with Crippen molar-refractivity contribution in [2.24, 2.45) is 7.05 Å². The number of aryl methyl sites for hydroxylation is 1. The first-order chi connectivity index (χ1) is 8.92. The van der Waals surface area contributed by atoms with Crippen molar-refractivity contribution in [2.75, 3.05) is 4.72 Å². The maximum absolute atomic E-state index is 12.2. The molecule has 2 N–H and O–H groups in total. The molecule has 8 heteroatoms. The van der Waals surface area contributed by atoms with Gasteiger partial charge in [0, 0.05) is 7.05 Å². The zero-order valence-electron chi connectivity index (χ0n) is 10.7. The Morgan fingerprint density at radius 1 is 1.42 bits per heavy atom. The van der Waals surface area contributed by atoms with Gasteiger partial charge in [-0.1, -0.05) is 19.3 Å². The largest absolute Gasteiger partial charge is 0.477 e. The number of carboxylic acids is 1. The molecule has 0 saturated heterocycles. The van der Waals surface area contributed by atoms with Crippen molar-refractivity contribution in [3.8, 4) is 0 Å². The zero-order chi connectivity index (χ0) is 14.0. The second-order valence-electron chi connectivity index (χ2n) is 4.74. The van der Waals surface area contributed by atoms with Crippen molar-refractivity contribution in [3.05, 3.63) is 11.8 Å². The van der Waals surface area contributed by atoms with Crippen LogP contribution in [0.15, 0.2) is 6.20 Å². The maximum Gasteiger partial charge on any atom is 0.341 e. The fourth-order valence-electron chi connectivity index (χ4n) is 2.31. The summed E-state index contributed by atoms with van der Waals surface area (Å²) >= 11 is 0. The molecule has 1 aromatic rings. The van der Waals surface area contributed by atoms with Crippen molar-refractivity contribution in [1.82, 2.24) is 9.78 Å². The van der Waals surface area contributed by atoms with E-state index in [0.29, 0.717) is 12.8 Å². The van der Waals surface area contributed by atoms with E-state index in [1.54, 1.807) is 0 Å². The first kappa shape index (κ1) is 13.9. The van der Waals surface area contributed by atoms with Gasteiger partial charge in [-0.2, -0.15) is 5.10 Å². The normalized spacial score (nSPS) is 17.3. The molecule has 1 aliphatic carbocycles. The molecule has 0 unspecified atom stereocenters. The number of rotatable bonds is 4. The molecule has 106 valence electrons. The van der Waals surface area contributed by atoms with Gasteiger partial charge in [-0.15, -0.1) is 0 Å². The lowest BCUT2D eigenvalue weighted by Crippen LogP contribution is -2.31. The fourth-order valence-corrected chi connectivity index (χ4v) is 3.94. The summed E-state index contributed by atoms with van der Waals surface area (Å²) in [4.78, 5) is 11.0. The molecule has 2 rings (SSSR count). The predicted molar refractivity (Wildman–Crippen MR) is 69.6 cm³/mol. The van der Waals surface area contributed by atoms with Gasteiger partial charge in [0.25, 0.3) is 0 Å². The van der Waals surface area contributed by atoms with Crippen molar-refractivity contribution in [2.45, 2.75) is 37.4 Å². The molecule has 0 aromatic carbocycles. The van der Waals surface area contributed by atoms with E-state index in [2.05, 4.69) is 9.82 Å². The van der Waals surface area contributed by atoms with Crippen LogP contribution in [-0.4, -0.2) is 34.5 Å². The van der Waals surface area contributed by atoms with Crippen LogP contribution in [0.4, 0.5) is 5.82 Å². The quantitative estimate of drug-likeness (QED) is 0.866. The number of carbonyl (C=O) groups is 1. The molecule has 7 nitrogen and oxygen atoms in total. The molecule has 1 fully saturated rings. The van der Waals surface area contributed by atoms with E-state index in [9.17, 15) is 13.2 Å². The minimum absolute atomic E-state index is 0.0121. The lowest BCUT2D eigenvalue weighted by Gasteiger charge is -2.22. The number of nitrogens with zero attached hydrogens (tertiary/aromatic N) is 2. The number of hydrogen-bond donors (Lipinski definition) is 2. The Hall–Kier alpha value is -1.57. The number of nitrogens with one attached hydrogen (secondary N) is 1. The van der Waals surface area contributed by atoms with E-state index in [-0.39, 0.29) is 11.4 Å². The first-order valence-electron chi connectivity index (χ1n) is 6.19. The summed E-state index contributed by atoms with van der Waals surface area (Å²) in [5, 5.41) is 12.3. The van der Waals surface area contributed by atoms with Gasteiger partial charge in [0.2, 0.25) is 10.0 Å². The molecular formula is C11H17N3O4S. The van der Waals surface area contributed by atoms with Crippen LogP contribution in [0.1, 0.15) is 42.5 Å². The summed E-state index contributed by atoms with van der Waals surface area (Å²) in [6.45, 7) is 0. The molecule has 0 aliphatic heterocycles. The monoisotopic (exact) mass is 287 g/mol. The van der Waals surface area contributed by atoms with E-state index in [1.807, 2.05) is 0 Å². The number of hydrogen-bond acceptors (Lipinski definition) is 4. The van der Waals surface area contributed by atoms with Crippen LogP contribution >= 0.6 is 0 Å². The molecule has 19 heavy (non-hydrogen) atoms. The van der Waals surface area contributed by atoms with Crippen LogP contribution in [0.25, 0.3) is 0 Å². The summed E-state index contributed by atoms with van der Waals surface area (Å²) in [5.41, 5.74) is -0.137. The van der Waals surface area contributed by atoms with E-state index in [1.165, 1.54) is 11.7 Å². The van der Waals surface area contributed by atoms with Gasteiger partial charge in [-0.3, -0.25) is 9.40 Å². The molecule has 1 saturated carbocycles. The van der Waals surface area contributed by atoms with Gasteiger partial charge in [-0.05, 0) is 12.8 Å². The third-order valence-electron chi connectivity index (χ3n) is 3.40. The fraction of sp³-hybridized carbons (Fsp3) is 0.636. The van der Waals surface area contributed by atoms with Crippen molar-refractivity contribution < 1.29 is 18.3 Å². The van der Waals surface area contributed by atoms with E-state index >= 15 is 0 Å². The maximum atomic E-state index is 12.2. The molecule has 0 amide bonds. The highest BCUT2D eigenvalue weighted by atomic mass is 32.2. The van der Waals surface area contributed by atoms with Gasteiger partial charge < -0.3 is 5.11 Å². The van der Waals surface area contributed by atoms with Gasteiger partial charge in [0.05, 0.1) is 11.4 Å². The van der Waals surface area contributed by atoms with Crippen LogP contribution < -0.4 is 4.72 Å². The zero-order valence-corrected chi connectivity index (χ0v) is 11.5. The average molecular weight is 287 g/mol. The summed E-state index contributed by atoms with van der Waals surface area (Å²) in [5.74, 6) is -1.19. The molecule has 1 heterocycles. The SMILES string of the molecule is Cn1ncc(C(=O)O)c1NS(=O)(=O)C1CCCCC1. The second-order valence-corrected chi connectivity index (χ2v) is 6.70. The Morgan fingerprint density at radius 2 is 2.05 bits per heavy atom. The lowest BCUT2D eigenvalue weighted by atomic mass is 10.0. The molecule has 0 radical (unpaired) electrons. The highest BCUT2D eigenvalue weighted by molar-refractivity contribution is 7.93. The minimum Gasteiger partial charge on any atom is -0.477 e. The smallest absolute Gasteiger partial charge is 0.341 e. The summed E-state index contributed by atoms with van der Waals surface area (Å²) in [6.07, 6.45) is 5.22. The Labute approximate surface area is 111 Å². The topological polar surface area (TPSA) is 101 Å². The molecule has 0 spiro atoms. The molecular weight excluding hydrogens is 270 g/mol. The van der Waals surface area contributed by atoms with Gasteiger partial charge in [-0.25, -0.2) is 13.2 Å². The van der Waals surface area contributed by atoms with Crippen molar-refractivity contribution >= 4 is 21.8 Å². The van der Waals surface area contributed by atoms with Crippen molar-refractivity contribution in [1.29, 1.82) is 0 Å². The van der Waals surface area contributed by atoms with Crippen LogP contribution in [0, 0.1) is 0 Å². The van der Waals surface area contributed by atoms with Crippen LogP contribution in [0.5, 0.6) is 0 Å². The van der Waals surface area contributed by atoms with Crippen LogP contribution in [0.3, 0.4) is 0 Å². The Morgan fingerprint density at radius 3 is 2.63 bits per heavy atom. The van der Waals surface area contributed by atoms with Gasteiger partial charge in [0.15, 0.2) is 5.82 Å². The Kier molecular flexibility index (Phi) is 3.79. The van der Waals surface area contributed by atoms with Gasteiger partial charge >= 0.3 is 5.97 Å². The average Bonchev–Trinajstić information content (AvgIpc) is 2.72. The van der Waals surface area contributed by atoms with E-state index in [0.717, 1.165) is 25.5 Å². The second kappa shape index (κ2) is 5.20. The predicted octanol–water partition coefficient (Wildman–Crippen LogP) is 1.19. The standard InChI is InChI=1S/C11H17N3O4S/c1-14-10(9(7-12-14)11(15)16)13-19(17,18)8-5-3-2-4-6-8/h7-8,13H,2-6H2,1H3,(H,15,16). The van der Waals surface area contributed by atoms with Crippen LogP contribution in [0.2, 0.25) is 0 Å². The number of aromatic nitrogens is 2. The third-order valence-corrected chi connectivity index (χ3v) is 5.23. The molecule has 1 aliphatic rings. The van der Waals surface area contributed by atoms with Crippen molar-refractivity contribution in [3.63, 3.8) is 0 Å². The van der Waals surface area contributed by atoms with E-state index in [4.69, 9.17) is 5.11 Å².